The maximum Gasteiger partial charge on any atom is 0.203 e. The van der Waals surface area contributed by atoms with Crippen LogP contribution in [0.2, 0.25) is 0 Å². The molecule has 1 N–H and O–H groups in total. The molecule has 0 spiro atoms. The fraction of sp³-hybridized carbons (Fsp3) is 0.538. The molecule has 6 nitrogen and oxygen atoms in total. The molecule has 0 aromatic carbocycles. The molecule has 108 valence electrons. The van der Waals surface area contributed by atoms with Gasteiger partial charge in [-0.2, -0.15) is 4.68 Å². The monoisotopic (exact) mass is 295 g/mol. The van der Waals surface area contributed by atoms with E-state index in [1.54, 1.807) is 6.26 Å². The first kappa shape index (κ1) is 13.5. The van der Waals surface area contributed by atoms with Gasteiger partial charge in [-0.3, -0.25) is 4.57 Å². The summed E-state index contributed by atoms with van der Waals surface area (Å²) in [6, 6.07) is 3.78. The van der Waals surface area contributed by atoms with Crippen LogP contribution in [0.5, 0.6) is 0 Å². The van der Waals surface area contributed by atoms with Crippen molar-refractivity contribution in [3.63, 3.8) is 0 Å². The van der Waals surface area contributed by atoms with Gasteiger partial charge in [-0.1, -0.05) is 0 Å². The Morgan fingerprint density at radius 3 is 2.85 bits per heavy atom. The van der Waals surface area contributed by atoms with Gasteiger partial charge >= 0.3 is 0 Å². The van der Waals surface area contributed by atoms with Crippen LogP contribution in [0, 0.1) is 4.77 Å². The predicted molar refractivity (Wildman–Crippen MR) is 75.9 cm³/mol. The largest absolute Gasteiger partial charge is 0.461 e. The molecule has 0 saturated carbocycles. The van der Waals surface area contributed by atoms with Gasteiger partial charge in [0, 0.05) is 6.54 Å². The van der Waals surface area contributed by atoms with Crippen molar-refractivity contribution in [1.29, 1.82) is 0 Å². The van der Waals surface area contributed by atoms with Crippen LogP contribution >= 0.6 is 12.2 Å². The lowest BCUT2D eigenvalue weighted by atomic mass is 10.4. The van der Waals surface area contributed by atoms with Gasteiger partial charge in [-0.25, -0.2) is 0 Å². The summed E-state index contributed by atoms with van der Waals surface area (Å²) in [7, 11) is 0. The topological polar surface area (TPSA) is 49.6 Å². The van der Waals surface area contributed by atoms with Crippen molar-refractivity contribution >= 4 is 12.2 Å². The summed E-state index contributed by atoms with van der Waals surface area (Å²) >= 11 is 5.53. The number of hydrogen-bond donors (Lipinski definition) is 1. The second-order valence-electron chi connectivity index (χ2n) is 4.85. The van der Waals surface area contributed by atoms with Crippen molar-refractivity contribution in [2.75, 3.05) is 26.3 Å². The second kappa shape index (κ2) is 5.90. The van der Waals surface area contributed by atoms with Gasteiger partial charge in [0.1, 0.15) is 13.1 Å². The molecule has 1 saturated heterocycles. The lowest BCUT2D eigenvalue weighted by Gasteiger charge is -2.23. The Balaban J connectivity index is 1.90. The SMILES string of the molecule is CCn1c(-c2ccco2)nn(C[NH+]2CCOCC2)c1=S. The Morgan fingerprint density at radius 2 is 2.20 bits per heavy atom. The maximum absolute atomic E-state index is 5.53. The number of morpholine rings is 1. The van der Waals surface area contributed by atoms with Crippen molar-refractivity contribution in [3.8, 4) is 11.6 Å². The number of aromatic nitrogens is 3. The molecule has 1 fully saturated rings. The number of quaternary nitrogens is 1. The van der Waals surface area contributed by atoms with E-state index < -0.39 is 0 Å². The molecule has 2 aromatic heterocycles. The molecule has 1 aliphatic rings. The highest BCUT2D eigenvalue weighted by molar-refractivity contribution is 7.71. The summed E-state index contributed by atoms with van der Waals surface area (Å²) < 4.78 is 15.5. The zero-order valence-electron chi connectivity index (χ0n) is 11.5. The first-order chi connectivity index (χ1) is 9.79. The highest BCUT2D eigenvalue weighted by Crippen LogP contribution is 2.18. The fourth-order valence-corrected chi connectivity index (χ4v) is 2.77. The number of rotatable bonds is 4. The molecule has 3 heterocycles. The minimum absolute atomic E-state index is 0.748. The van der Waals surface area contributed by atoms with E-state index in [1.165, 1.54) is 4.90 Å². The standard InChI is InChI=1S/C13H18N4O2S/c1-2-16-12(11-4-3-7-19-11)14-17(13(16)20)10-15-5-8-18-9-6-15/h3-4,7H,2,5-6,8-10H2,1H3/p+1. The van der Waals surface area contributed by atoms with Crippen LogP contribution in [-0.2, 0) is 18.0 Å². The molecule has 7 heteroatoms. The van der Waals surface area contributed by atoms with Crippen molar-refractivity contribution in [2.45, 2.75) is 20.1 Å². The molecule has 0 amide bonds. The van der Waals surface area contributed by atoms with Gasteiger partial charge in [0.2, 0.25) is 4.77 Å². The minimum Gasteiger partial charge on any atom is -0.461 e. The third-order valence-electron chi connectivity index (χ3n) is 3.55. The lowest BCUT2D eigenvalue weighted by molar-refractivity contribution is -0.930. The third-order valence-corrected chi connectivity index (χ3v) is 3.99. The van der Waals surface area contributed by atoms with Crippen LogP contribution in [0.25, 0.3) is 11.6 Å². The fourth-order valence-electron chi connectivity index (χ4n) is 2.45. The van der Waals surface area contributed by atoms with Gasteiger partial charge in [0.25, 0.3) is 0 Å². The van der Waals surface area contributed by atoms with E-state index in [9.17, 15) is 0 Å². The van der Waals surface area contributed by atoms with Crippen LogP contribution in [0.15, 0.2) is 22.8 Å². The summed E-state index contributed by atoms with van der Waals surface area (Å²) in [4.78, 5) is 1.44. The Bertz CT molecular complexity index is 611. The van der Waals surface area contributed by atoms with Crippen molar-refractivity contribution in [2.24, 2.45) is 0 Å². The van der Waals surface area contributed by atoms with Crippen LogP contribution in [0.3, 0.4) is 0 Å². The van der Waals surface area contributed by atoms with E-state index in [4.69, 9.17) is 21.4 Å². The smallest absolute Gasteiger partial charge is 0.203 e. The molecule has 20 heavy (non-hydrogen) atoms. The van der Waals surface area contributed by atoms with Crippen LogP contribution in [0.4, 0.5) is 0 Å². The molecule has 3 rings (SSSR count). The molecule has 0 unspecified atom stereocenters. The number of nitrogens with one attached hydrogen (secondary N) is 1. The first-order valence-electron chi connectivity index (χ1n) is 6.92. The van der Waals surface area contributed by atoms with E-state index >= 15 is 0 Å². The number of nitrogens with zero attached hydrogens (tertiary/aromatic N) is 3. The van der Waals surface area contributed by atoms with Crippen molar-refractivity contribution < 1.29 is 14.1 Å². The van der Waals surface area contributed by atoms with Gasteiger partial charge in [0.05, 0.1) is 19.5 Å². The number of furan rings is 1. The van der Waals surface area contributed by atoms with E-state index in [0.29, 0.717) is 0 Å². The van der Waals surface area contributed by atoms with Crippen LogP contribution < -0.4 is 4.90 Å². The van der Waals surface area contributed by atoms with Gasteiger partial charge < -0.3 is 14.1 Å². The average Bonchev–Trinajstić information content (AvgIpc) is 3.09. The summed E-state index contributed by atoms with van der Waals surface area (Å²) in [5.41, 5.74) is 0. The van der Waals surface area contributed by atoms with Gasteiger partial charge in [0.15, 0.2) is 18.3 Å². The maximum atomic E-state index is 5.53. The summed E-state index contributed by atoms with van der Waals surface area (Å²) in [6.45, 7) is 7.24. The van der Waals surface area contributed by atoms with Crippen molar-refractivity contribution in [1.82, 2.24) is 14.3 Å². The quantitative estimate of drug-likeness (QED) is 0.838. The average molecular weight is 295 g/mol. The molecule has 0 radical (unpaired) electrons. The predicted octanol–water partition coefficient (Wildman–Crippen LogP) is 0.567. The molecular weight excluding hydrogens is 276 g/mol. The molecule has 0 bridgehead atoms. The van der Waals surface area contributed by atoms with Crippen molar-refractivity contribution in [3.05, 3.63) is 23.2 Å². The minimum atomic E-state index is 0.748. The van der Waals surface area contributed by atoms with E-state index in [-0.39, 0.29) is 0 Å². The van der Waals surface area contributed by atoms with Crippen LogP contribution in [0.1, 0.15) is 6.92 Å². The first-order valence-corrected chi connectivity index (χ1v) is 7.33. The van der Waals surface area contributed by atoms with E-state index in [0.717, 1.165) is 55.9 Å². The lowest BCUT2D eigenvalue weighted by Crippen LogP contribution is -3.13. The highest BCUT2D eigenvalue weighted by atomic mass is 32.1. The number of ether oxygens (including phenoxy) is 1. The molecular formula is C13H19N4O2S+. The zero-order valence-corrected chi connectivity index (χ0v) is 12.4. The summed E-state index contributed by atoms with van der Waals surface area (Å²) in [5.74, 6) is 1.56. The number of hydrogen-bond acceptors (Lipinski definition) is 4. The Labute approximate surface area is 122 Å². The Morgan fingerprint density at radius 1 is 1.40 bits per heavy atom. The molecule has 0 aliphatic carbocycles. The van der Waals surface area contributed by atoms with Gasteiger partial charge in [-0.15, -0.1) is 5.10 Å². The third kappa shape index (κ3) is 2.56. The van der Waals surface area contributed by atoms with E-state index in [2.05, 4.69) is 12.0 Å². The zero-order chi connectivity index (χ0) is 13.9. The normalized spacial score (nSPS) is 16.6. The Hall–Kier alpha value is -1.44. The summed E-state index contributed by atoms with van der Waals surface area (Å²) in [5, 5.41) is 4.64. The van der Waals surface area contributed by atoms with Crippen LogP contribution in [-0.4, -0.2) is 40.7 Å². The molecule has 0 atom stereocenters. The van der Waals surface area contributed by atoms with Gasteiger partial charge in [-0.05, 0) is 31.3 Å². The molecule has 2 aromatic rings. The Kier molecular flexibility index (Phi) is 4.00. The second-order valence-corrected chi connectivity index (χ2v) is 5.21. The highest BCUT2D eigenvalue weighted by Gasteiger charge is 2.19. The molecule has 1 aliphatic heterocycles. The summed E-state index contributed by atoms with van der Waals surface area (Å²) in [6.07, 6.45) is 1.66. The van der Waals surface area contributed by atoms with E-state index in [1.807, 2.05) is 21.4 Å².